The molecule has 3 heterocycles. The van der Waals surface area contributed by atoms with Crippen molar-refractivity contribution < 1.29 is 14.3 Å². The van der Waals surface area contributed by atoms with Crippen molar-refractivity contribution in [3.8, 4) is 0 Å². The van der Waals surface area contributed by atoms with E-state index in [4.69, 9.17) is 4.74 Å². The van der Waals surface area contributed by atoms with E-state index in [1.165, 1.54) is 10.1 Å². The Kier molecular flexibility index (Phi) is 6.54. The summed E-state index contributed by atoms with van der Waals surface area (Å²) >= 11 is 0. The molecule has 2 aliphatic heterocycles. The molecular formula is C22H31N5O4. The van der Waals surface area contributed by atoms with Gasteiger partial charge in [0.1, 0.15) is 6.04 Å². The number of carbonyl (C=O) groups excluding carboxylic acids is 2. The van der Waals surface area contributed by atoms with Crippen molar-refractivity contribution in [3.63, 3.8) is 0 Å². The number of nitrogens with zero attached hydrogens (tertiary/aromatic N) is 3. The van der Waals surface area contributed by atoms with E-state index in [1.54, 1.807) is 11.6 Å². The minimum atomic E-state index is -0.647. The summed E-state index contributed by atoms with van der Waals surface area (Å²) in [4.78, 5) is 39.1. The Morgan fingerprint density at radius 2 is 2.06 bits per heavy atom. The Hall–Kier alpha value is -2.49. The summed E-state index contributed by atoms with van der Waals surface area (Å²) < 4.78 is 8.88. The lowest BCUT2D eigenvalue weighted by molar-refractivity contribution is -0.135. The monoisotopic (exact) mass is 429 g/mol. The maximum atomic E-state index is 12.9. The van der Waals surface area contributed by atoms with Gasteiger partial charge in [0.05, 0.1) is 23.7 Å². The molecule has 1 unspecified atom stereocenters. The molecule has 0 bridgehead atoms. The molecule has 0 aliphatic carbocycles. The van der Waals surface area contributed by atoms with Crippen molar-refractivity contribution in [3.05, 3.63) is 34.2 Å². The highest BCUT2D eigenvalue weighted by Crippen LogP contribution is 2.24. The zero-order valence-electron chi connectivity index (χ0n) is 18.2. The largest absolute Gasteiger partial charge is 0.374 e. The molecule has 0 spiro atoms. The number of rotatable bonds is 7. The van der Waals surface area contributed by atoms with Crippen LogP contribution in [0.1, 0.15) is 30.9 Å². The fourth-order valence-electron chi connectivity index (χ4n) is 4.64. The van der Waals surface area contributed by atoms with E-state index in [0.29, 0.717) is 6.42 Å². The van der Waals surface area contributed by atoms with Crippen molar-refractivity contribution >= 4 is 22.8 Å². The van der Waals surface area contributed by atoms with Crippen LogP contribution in [0.3, 0.4) is 0 Å². The van der Waals surface area contributed by atoms with Gasteiger partial charge in [-0.25, -0.2) is 4.79 Å². The van der Waals surface area contributed by atoms with Crippen molar-refractivity contribution in [2.24, 2.45) is 7.05 Å². The third-order valence-electron chi connectivity index (χ3n) is 6.27. The number of morpholine rings is 1. The first-order valence-electron chi connectivity index (χ1n) is 11.0. The number of imide groups is 1. The average Bonchev–Trinajstić information content (AvgIpc) is 2.99. The summed E-state index contributed by atoms with van der Waals surface area (Å²) in [5, 5.41) is 5.52. The maximum absolute atomic E-state index is 12.9. The molecule has 2 aromatic rings. The van der Waals surface area contributed by atoms with Crippen LogP contribution in [-0.2, 0) is 27.8 Å². The number of aryl methyl sites for hydroxylation is 2. The molecule has 2 fully saturated rings. The van der Waals surface area contributed by atoms with Crippen LogP contribution < -0.4 is 16.3 Å². The van der Waals surface area contributed by atoms with Crippen LogP contribution in [0.4, 0.5) is 0 Å². The molecule has 9 heteroatoms. The van der Waals surface area contributed by atoms with E-state index in [9.17, 15) is 14.4 Å². The molecule has 4 rings (SSSR count). The third kappa shape index (κ3) is 4.58. The van der Waals surface area contributed by atoms with Gasteiger partial charge < -0.3 is 10.1 Å². The van der Waals surface area contributed by atoms with E-state index < -0.39 is 11.9 Å². The van der Waals surface area contributed by atoms with Gasteiger partial charge in [0.25, 0.3) is 0 Å². The van der Waals surface area contributed by atoms with Crippen LogP contribution in [0.25, 0.3) is 11.0 Å². The van der Waals surface area contributed by atoms with Crippen LogP contribution in [0.5, 0.6) is 0 Å². The molecule has 2 aliphatic rings. The zero-order chi connectivity index (χ0) is 22.0. The topological polar surface area (TPSA) is 97.6 Å². The van der Waals surface area contributed by atoms with Crippen LogP contribution in [0, 0.1) is 0 Å². The molecular weight excluding hydrogens is 398 g/mol. The van der Waals surface area contributed by atoms with Crippen molar-refractivity contribution in [1.82, 2.24) is 24.7 Å². The van der Waals surface area contributed by atoms with E-state index in [-0.39, 0.29) is 24.1 Å². The number of imidazole rings is 1. The fraction of sp³-hybridized carbons (Fsp3) is 0.591. The van der Waals surface area contributed by atoms with Gasteiger partial charge in [-0.15, -0.1) is 0 Å². The number of amides is 2. The molecule has 168 valence electrons. The van der Waals surface area contributed by atoms with Gasteiger partial charge >= 0.3 is 5.69 Å². The highest BCUT2D eigenvalue weighted by Gasteiger charge is 2.31. The molecule has 2 amide bonds. The lowest BCUT2D eigenvalue weighted by Gasteiger charge is -2.32. The smallest absolute Gasteiger partial charge is 0.329 e. The van der Waals surface area contributed by atoms with E-state index in [0.717, 1.165) is 56.7 Å². The highest BCUT2D eigenvalue weighted by atomic mass is 16.5. The van der Waals surface area contributed by atoms with Crippen molar-refractivity contribution in [2.45, 2.75) is 37.8 Å². The second kappa shape index (κ2) is 9.33. The van der Waals surface area contributed by atoms with Gasteiger partial charge in [-0.1, -0.05) is 6.07 Å². The zero-order valence-corrected chi connectivity index (χ0v) is 18.2. The Balaban J connectivity index is 1.45. The molecule has 2 N–H and O–H groups in total. The minimum absolute atomic E-state index is 0.231. The SMILES string of the molecule is CNC[C@@H]1CN(CCCc2ccc3c(c2)n(C)c(=O)n3C2CCC(=O)NC2=O)CCO1. The summed E-state index contributed by atoms with van der Waals surface area (Å²) in [6.45, 7) is 4.56. The molecule has 31 heavy (non-hydrogen) atoms. The first-order chi connectivity index (χ1) is 15.0. The summed E-state index contributed by atoms with van der Waals surface area (Å²) in [5.41, 5.74) is 2.48. The lowest BCUT2D eigenvalue weighted by atomic mass is 10.0. The first-order valence-corrected chi connectivity index (χ1v) is 11.0. The van der Waals surface area contributed by atoms with E-state index in [2.05, 4.69) is 15.5 Å². The number of carbonyl (C=O) groups is 2. The molecule has 2 atom stereocenters. The van der Waals surface area contributed by atoms with E-state index in [1.807, 2.05) is 25.2 Å². The van der Waals surface area contributed by atoms with Gasteiger partial charge in [-0.05, 0) is 50.6 Å². The summed E-state index contributed by atoms with van der Waals surface area (Å²) in [5.74, 6) is -0.689. The normalized spacial score (nSPS) is 22.8. The predicted octanol–water partition coefficient (Wildman–Crippen LogP) is 0.171. The molecule has 9 nitrogen and oxygen atoms in total. The number of likely N-dealkylation sites (N-methyl/N-ethyl adjacent to an activating group) is 1. The van der Waals surface area contributed by atoms with Crippen LogP contribution in [0.2, 0.25) is 0 Å². The number of hydrogen-bond donors (Lipinski definition) is 2. The van der Waals surface area contributed by atoms with Gasteiger partial charge in [-0.2, -0.15) is 0 Å². The van der Waals surface area contributed by atoms with Crippen molar-refractivity contribution in [1.29, 1.82) is 0 Å². The number of hydrogen-bond acceptors (Lipinski definition) is 6. The summed E-state index contributed by atoms with van der Waals surface area (Å²) in [6.07, 6.45) is 2.78. The highest BCUT2D eigenvalue weighted by molar-refractivity contribution is 6.00. The quantitative estimate of drug-likeness (QED) is 0.609. The summed E-state index contributed by atoms with van der Waals surface area (Å²) in [6, 6.07) is 5.36. The number of aromatic nitrogens is 2. The van der Waals surface area contributed by atoms with Gasteiger partial charge in [0.2, 0.25) is 11.8 Å². The van der Waals surface area contributed by atoms with Crippen LogP contribution in [-0.4, -0.2) is 71.8 Å². The van der Waals surface area contributed by atoms with Gasteiger partial charge in [0, 0.05) is 33.1 Å². The standard InChI is InChI=1S/C22H31N5O4/c1-23-13-16-14-26(10-11-31-16)9-3-4-15-5-6-17-19(12-15)25(2)22(30)27(17)18-7-8-20(28)24-21(18)29/h5-6,12,16,18,23H,3-4,7-11,13-14H2,1-2H3,(H,24,28,29)/t16-,18?/m1/s1. The second-order valence-corrected chi connectivity index (χ2v) is 8.46. The average molecular weight is 430 g/mol. The summed E-state index contributed by atoms with van der Waals surface area (Å²) in [7, 11) is 3.67. The predicted molar refractivity (Wildman–Crippen MR) is 117 cm³/mol. The van der Waals surface area contributed by atoms with Gasteiger partial charge in [0.15, 0.2) is 0 Å². The van der Waals surface area contributed by atoms with Crippen LogP contribution >= 0.6 is 0 Å². The van der Waals surface area contributed by atoms with Crippen molar-refractivity contribution in [2.75, 3.05) is 39.8 Å². The number of ether oxygens (including phenoxy) is 1. The van der Waals surface area contributed by atoms with E-state index >= 15 is 0 Å². The number of piperidine rings is 1. The molecule has 0 saturated carbocycles. The maximum Gasteiger partial charge on any atom is 0.329 e. The number of nitrogens with one attached hydrogen (secondary N) is 2. The molecule has 0 radical (unpaired) electrons. The van der Waals surface area contributed by atoms with Gasteiger partial charge in [-0.3, -0.25) is 28.9 Å². The molecule has 1 aromatic heterocycles. The first kappa shape index (κ1) is 21.7. The Labute approximate surface area is 181 Å². The minimum Gasteiger partial charge on any atom is -0.374 e. The number of benzene rings is 1. The Morgan fingerprint density at radius 3 is 2.84 bits per heavy atom. The molecule has 1 aromatic carbocycles. The number of fused-ring (bicyclic) bond motifs is 1. The molecule has 2 saturated heterocycles. The Morgan fingerprint density at radius 1 is 1.23 bits per heavy atom. The lowest BCUT2D eigenvalue weighted by Crippen LogP contribution is -2.46. The van der Waals surface area contributed by atoms with Crippen LogP contribution in [0.15, 0.2) is 23.0 Å². The Bertz CT molecular complexity index is 1020. The second-order valence-electron chi connectivity index (χ2n) is 8.46. The fourth-order valence-corrected chi connectivity index (χ4v) is 4.64. The third-order valence-corrected chi connectivity index (χ3v) is 6.27.